The van der Waals surface area contributed by atoms with Crippen LogP contribution in [-0.4, -0.2) is 38.7 Å². The van der Waals surface area contributed by atoms with Crippen LogP contribution in [0, 0.1) is 12.8 Å². The van der Waals surface area contributed by atoms with Crippen LogP contribution in [0.2, 0.25) is 0 Å². The highest BCUT2D eigenvalue weighted by molar-refractivity contribution is 7.88. The molecule has 6 heteroatoms. The maximum Gasteiger partial charge on any atom is 0.218 e. The van der Waals surface area contributed by atoms with Gasteiger partial charge in [-0.05, 0) is 49.1 Å². The number of rotatable bonds is 6. The van der Waals surface area contributed by atoms with E-state index in [1.54, 1.807) is 19.2 Å². The van der Waals surface area contributed by atoms with E-state index in [1.807, 2.05) is 43.3 Å². The fraction of sp³-hybridized carbons (Fsp3) is 0.381. The van der Waals surface area contributed by atoms with Crippen LogP contribution in [0.15, 0.2) is 48.5 Å². The van der Waals surface area contributed by atoms with Gasteiger partial charge in [-0.3, -0.25) is 4.79 Å². The van der Waals surface area contributed by atoms with Gasteiger partial charge in [0.15, 0.2) is 5.78 Å². The Morgan fingerprint density at radius 1 is 1.19 bits per heavy atom. The largest absolute Gasteiger partial charge is 0.497 e. The topological polar surface area (TPSA) is 63.7 Å². The molecule has 1 fully saturated rings. The molecule has 1 aliphatic rings. The minimum Gasteiger partial charge on any atom is -0.497 e. The van der Waals surface area contributed by atoms with Crippen molar-refractivity contribution in [3.63, 3.8) is 0 Å². The summed E-state index contributed by atoms with van der Waals surface area (Å²) in [6, 6.07) is 14.5. The van der Waals surface area contributed by atoms with Crippen LogP contribution < -0.4 is 4.74 Å². The highest BCUT2D eigenvalue weighted by Gasteiger charge is 2.33. The third-order valence-electron chi connectivity index (χ3n) is 5.04. The number of methoxy groups -OCH3 is 1. The van der Waals surface area contributed by atoms with E-state index in [2.05, 4.69) is 0 Å². The first-order valence-electron chi connectivity index (χ1n) is 9.11. The van der Waals surface area contributed by atoms with E-state index in [1.165, 1.54) is 4.31 Å². The van der Waals surface area contributed by atoms with E-state index < -0.39 is 10.0 Å². The number of hydrogen-bond donors (Lipinski definition) is 0. The highest BCUT2D eigenvalue weighted by Crippen LogP contribution is 2.27. The molecular formula is C21H25NO4S. The lowest BCUT2D eigenvalue weighted by Crippen LogP contribution is -2.42. The molecule has 0 unspecified atom stereocenters. The Morgan fingerprint density at radius 3 is 2.59 bits per heavy atom. The molecule has 0 amide bonds. The zero-order valence-electron chi connectivity index (χ0n) is 15.7. The highest BCUT2D eigenvalue weighted by atomic mass is 32.2. The van der Waals surface area contributed by atoms with Crippen LogP contribution in [0.4, 0.5) is 0 Å². The first kappa shape index (κ1) is 19.6. The summed E-state index contributed by atoms with van der Waals surface area (Å²) in [6.45, 7) is 2.60. The molecule has 1 atom stereocenters. The van der Waals surface area contributed by atoms with E-state index in [0.717, 1.165) is 11.1 Å². The van der Waals surface area contributed by atoms with Gasteiger partial charge >= 0.3 is 0 Å². The number of benzene rings is 2. The molecule has 1 aliphatic heterocycles. The lowest BCUT2D eigenvalue weighted by atomic mass is 9.89. The quantitative estimate of drug-likeness (QED) is 0.713. The van der Waals surface area contributed by atoms with E-state index in [9.17, 15) is 13.2 Å². The van der Waals surface area contributed by atoms with E-state index >= 15 is 0 Å². The number of piperidine rings is 1. The summed E-state index contributed by atoms with van der Waals surface area (Å²) >= 11 is 0. The predicted molar refractivity (Wildman–Crippen MR) is 105 cm³/mol. The summed E-state index contributed by atoms with van der Waals surface area (Å²) < 4.78 is 32.3. The fourth-order valence-corrected chi connectivity index (χ4v) is 5.16. The summed E-state index contributed by atoms with van der Waals surface area (Å²) in [7, 11) is -1.85. The molecule has 0 aliphatic carbocycles. The van der Waals surface area contributed by atoms with Gasteiger partial charge < -0.3 is 4.74 Å². The van der Waals surface area contributed by atoms with Crippen molar-refractivity contribution in [1.29, 1.82) is 0 Å². The molecule has 1 heterocycles. The zero-order chi connectivity index (χ0) is 19.4. The van der Waals surface area contributed by atoms with Crippen molar-refractivity contribution in [3.05, 3.63) is 65.2 Å². The maximum atomic E-state index is 13.0. The third-order valence-corrected chi connectivity index (χ3v) is 6.86. The normalized spacial score (nSPS) is 18.2. The Balaban J connectivity index is 1.74. The standard InChI is InChI=1S/C21H25NO4S/c1-16-13-19(26-2)10-11-20(16)21(23)18-9-6-12-22(14-18)27(24,25)15-17-7-4-3-5-8-17/h3-5,7-8,10-11,13,18H,6,9,12,14-15H2,1-2H3/t18-/m1/s1. The van der Waals surface area contributed by atoms with E-state index in [4.69, 9.17) is 4.74 Å². The van der Waals surface area contributed by atoms with Gasteiger partial charge in [0, 0.05) is 24.6 Å². The molecule has 0 N–H and O–H groups in total. The average molecular weight is 388 g/mol. The number of ether oxygens (including phenoxy) is 1. The van der Waals surface area contributed by atoms with Gasteiger partial charge in [0.25, 0.3) is 0 Å². The van der Waals surface area contributed by atoms with Crippen LogP contribution in [-0.2, 0) is 15.8 Å². The Bertz CT molecular complexity index is 909. The second kappa shape index (κ2) is 8.23. The van der Waals surface area contributed by atoms with Crippen molar-refractivity contribution < 1.29 is 17.9 Å². The second-order valence-electron chi connectivity index (χ2n) is 6.98. The first-order chi connectivity index (χ1) is 12.9. The number of sulfonamides is 1. The predicted octanol–water partition coefficient (Wildman–Crippen LogP) is 3.43. The summed E-state index contributed by atoms with van der Waals surface area (Å²) in [5.74, 6) is 0.377. The molecule has 0 bridgehead atoms. The van der Waals surface area contributed by atoms with E-state index in [-0.39, 0.29) is 24.0 Å². The Hall–Kier alpha value is -2.18. The fourth-order valence-electron chi connectivity index (χ4n) is 3.54. The molecule has 2 aromatic rings. The number of nitrogens with zero attached hydrogens (tertiary/aromatic N) is 1. The molecule has 1 saturated heterocycles. The van der Waals surface area contributed by atoms with Gasteiger partial charge in [-0.2, -0.15) is 0 Å². The smallest absolute Gasteiger partial charge is 0.218 e. The van der Waals surface area contributed by atoms with Crippen LogP contribution >= 0.6 is 0 Å². The average Bonchev–Trinajstić information content (AvgIpc) is 2.68. The van der Waals surface area contributed by atoms with Gasteiger partial charge in [-0.25, -0.2) is 12.7 Å². The molecule has 27 heavy (non-hydrogen) atoms. The lowest BCUT2D eigenvalue weighted by molar-refractivity contribution is 0.0871. The van der Waals surface area contributed by atoms with Crippen LogP contribution in [0.3, 0.4) is 0 Å². The molecule has 0 aromatic heterocycles. The van der Waals surface area contributed by atoms with Crippen molar-refractivity contribution in [2.24, 2.45) is 5.92 Å². The van der Waals surface area contributed by atoms with Crippen LogP contribution in [0.1, 0.15) is 34.3 Å². The lowest BCUT2D eigenvalue weighted by Gasteiger charge is -2.31. The zero-order valence-corrected chi connectivity index (χ0v) is 16.5. The second-order valence-corrected chi connectivity index (χ2v) is 8.95. The minimum atomic E-state index is -3.44. The third kappa shape index (κ3) is 4.57. The molecule has 2 aromatic carbocycles. The number of hydrogen-bond acceptors (Lipinski definition) is 4. The monoisotopic (exact) mass is 387 g/mol. The Morgan fingerprint density at radius 2 is 1.93 bits per heavy atom. The maximum absolute atomic E-state index is 13.0. The SMILES string of the molecule is COc1ccc(C(=O)[C@@H]2CCCN(S(=O)(=O)Cc3ccccc3)C2)c(C)c1. The molecular weight excluding hydrogens is 362 g/mol. The summed E-state index contributed by atoms with van der Waals surface area (Å²) in [5, 5.41) is 0. The molecule has 0 spiro atoms. The number of carbonyl (C=O) groups excluding carboxylic acids is 1. The number of carbonyl (C=O) groups is 1. The van der Waals surface area contributed by atoms with Crippen molar-refractivity contribution in [2.45, 2.75) is 25.5 Å². The van der Waals surface area contributed by atoms with Gasteiger partial charge in [0.1, 0.15) is 5.75 Å². The van der Waals surface area contributed by atoms with Gasteiger partial charge in [-0.15, -0.1) is 0 Å². The number of aryl methyl sites for hydroxylation is 1. The molecule has 144 valence electrons. The summed E-state index contributed by atoms with van der Waals surface area (Å²) in [5.41, 5.74) is 2.25. The van der Waals surface area contributed by atoms with Crippen LogP contribution in [0.5, 0.6) is 5.75 Å². The number of ketones is 1. The summed E-state index contributed by atoms with van der Waals surface area (Å²) in [6.07, 6.45) is 1.40. The van der Waals surface area contributed by atoms with E-state index in [0.29, 0.717) is 30.7 Å². The van der Waals surface area contributed by atoms with Gasteiger partial charge in [0.2, 0.25) is 10.0 Å². The Kier molecular flexibility index (Phi) is 5.97. The molecule has 0 saturated carbocycles. The van der Waals surface area contributed by atoms with Crippen molar-refractivity contribution in [2.75, 3.05) is 20.2 Å². The van der Waals surface area contributed by atoms with Crippen molar-refractivity contribution in [1.82, 2.24) is 4.31 Å². The van der Waals surface area contributed by atoms with Crippen molar-refractivity contribution >= 4 is 15.8 Å². The summed E-state index contributed by atoms with van der Waals surface area (Å²) in [4.78, 5) is 13.0. The molecule has 3 rings (SSSR count). The number of Topliss-reactive ketones (excluding diaryl/α,β-unsaturated/α-hetero) is 1. The Labute approximate surface area is 161 Å². The van der Waals surface area contributed by atoms with Gasteiger partial charge in [-0.1, -0.05) is 30.3 Å². The van der Waals surface area contributed by atoms with Crippen molar-refractivity contribution in [3.8, 4) is 5.75 Å². The molecule has 0 radical (unpaired) electrons. The van der Waals surface area contributed by atoms with Gasteiger partial charge in [0.05, 0.1) is 12.9 Å². The minimum absolute atomic E-state index is 0.00904. The van der Waals surface area contributed by atoms with Crippen LogP contribution in [0.25, 0.3) is 0 Å². The molecule has 5 nitrogen and oxygen atoms in total. The first-order valence-corrected chi connectivity index (χ1v) is 10.7.